The molecule has 0 amide bonds. The summed E-state index contributed by atoms with van der Waals surface area (Å²) in [6.45, 7) is 9.33. The smallest absolute Gasteiger partial charge is 0.161 e. The van der Waals surface area contributed by atoms with E-state index in [1.54, 1.807) is 7.11 Å². The predicted molar refractivity (Wildman–Crippen MR) is 91.0 cm³/mol. The van der Waals surface area contributed by atoms with Crippen LogP contribution in [-0.2, 0) is 13.0 Å². The third-order valence-electron chi connectivity index (χ3n) is 4.26. The maximum absolute atomic E-state index is 5.79. The van der Waals surface area contributed by atoms with Crippen LogP contribution in [0.1, 0.15) is 32.0 Å². The molecule has 1 aromatic carbocycles. The fraction of sp³-hybridized carbons (Fsp3) is 0.500. The number of fused-ring (bicyclic) bond motifs is 1. The minimum absolute atomic E-state index is 0.117. The number of hydrogen-bond acceptors (Lipinski definition) is 4. The molecule has 2 heterocycles. The van der Waals surface area contributed by atoms with Crippen LogP contribution in [0.4, 0.5) is 0 Å². The summed E-state index contributed by atoms with van der Waals surface area (Å²) in [6, 6.07) is 6.04. The van der Waals surface area contributed by atoms with Crippen LogP contribution in [0, 0.1) is 0 Å². The first-order chi connectivity index (χ1) is 11.1. The molecule has 5 heteroatoms. The van der Waals surface area contributed by atoms with Gasteiger partial charge in [0.15, 0.2) is 11.5 Å². The molecular weight excluding hydrogens is 290 g/mol. The molecule has 0 saturated heterocycles. The zero-order chi connectivity index (χ0) is 16.4. The second-order valence-electron chi connectivity index (χ2n) is 6.18. The van der Waals surface area contributed by atoms with Gasteiger partial charge in [-0.05, 0) is 38.6 Å². The zero-order valence-electron chi connectivity index (χ0n) is 14.3. The molecule has 1 aromatic heterocycles. The highest BCUT2D eigenvalue weighted by Gasteiger charge is 2.22. The average Bonchev–Trinajstić information content (AvgIpc) is 2.97. The van der Waals surface area contributed by atoms with E-state index in [-0.39, 0.29) is 6.10 Å². The highest BCUT2D eigenvalue weighted by molar-refractivity contribution is 5.68. The van der Waals surface area contributed by atoms with Gasteiger partial charge in [-0.2, -0.15) is 5.10 Å². The summed E-state index contributed by atoms with van der Waals surface area (Å²) in [7, 11) is 1.67. The Morgan fingerprint density at radius 3 is 2.83 bits per heavy atom. The van der Waals surface area contributed by atoms with Crippen LogP contribution >= 0.6 is 0 Å². The Hall–Kier alpha value is -2.01. The molecule has 0 spiro atoms. The number of aromatic amines is 1. The molecule has 0 aliphatic carbocycles. The molecule has 0 saturated carbocycles. The Balaban J connectivity index is 1.95. The number of hydrogen-bond donors (Lipinski definition) is 1. The van der Waals surface area contributed by atoms with Crippen molar-refractivity contribution in [3.8, 4) is 22.8 Å². The Morgan fingerprint density at radius 2 is 2.13 bits per heavy atom. The molecule has 0 atom stereocenters. The van der Waals surface area contributed by atoms with Gasteiger partial charge < -0.3 is 9.47 Å². The van der Waals surface area contributed by atoms with Gasteiger partial charge in [0.05, 0.1) is 18.9 Å². The van der Waals surface area contributed by atoms with Crippen molar-refractivity contribution in [2.45, 2.75) is 39.8 Å². The zero-order valence-corrected chi connectivity index (χ0v) is 14.3. The van der Waals surface area contributed by atoms with Crippen LogP contribution in [0.15, 0.2) is 18.2 Å². The van der Waals surface area contributed by atoms with Gasteiger partial charge in [0, 0.05) is 36.3 Å². The lowest BCUT2D eigenvalue weighted by molar-refractivity contribution is 0.230. The molecule has 1 N–H and O–H groups in total. The minimum atomic E-state index is 0.117. The van der Waals surface area contributed by atoms with Crippen LogP contribution in [0.2, 0.25) is 0 Å². The van der Waals surface area contributed by atoms with Gasteiger partial charge in [-0.1, -0.05) is 6.92 Å². The largest absolute Gasteiger partial charge is 0.493 e. The van der Waals surface area contributed by atoms with Crippen molar-refractivity contribution in [1.82, 2.24) is 15.1 Å². The molecular formula is C18H25N3O2. The summed E-state index contributed by atoms with van der Waals surface area (Å²) in [6.07, 6.45) is 1.15. The topological polar surface area (TPSA) is 50.4 Å². The van der Waals surface area contributed by atoms with Crippen molar-refractivity contribution < 1.29 is 9.47 Å². The van der Waals surface area contributed by atoms with Gasteiger partial charge in [-0.3, -0.25) is 10.00 Å². The van der Waals surface area contributed by atoms with Gasteiger partial charge in [0.2, 0.25) is 0 Å². The minimum Gasteiger partial charge on any atom is -0.493 e. The van der Waals surface area contributed by atoms with Crippen molar-refractivity contribution in [2.24, 2.45) is 0 Å². The van der Waals surface area contributed by atoms with Gasteiger partial charge >= 0.3 is 0 Å². The fourth-order valence-corrected chi connectivity index (χ4v) is 3.03. The summed E-state index contributed by atoms with van der Waals surface area (Å²) in [5, 5.41) is 7.76. The number of benzene rings is 1. The average molecular weight is 315 g/mol. The van der Waals surface area contributed by atoms with E-state index in [1.807, 2.05) is 26.0 Å². The molecule has 124 valence electrons. The maximum Gasteiger partial charge on any atom is 0.161 e. The Labute approximate surface area is 137 Å². The number of rotatable bonds is 5. The normalized spacial score (nSPS) is 14.8. The first-order valence-electron chi connectivity index (χ1n) is 8.26. The van der Waals surface area contributed by atoms with Crippen molar-refractivity contribution in [1.29, 1.82) is 0 Å². The molecule has 23 heavy (non-hydrogen) atoms. The number of ether oxygens (including phenoxy) is 2. The van der Waals surface area contributed by atoms with E-state index < -0.39 is 0 Å². The molecule has 1 aliphatic heterocycles. The maximum atomic E-state index is 5.79. The number of nitrogens with zero attached hydrogens (tertiary/aromatic N) is 2. The molecule has 0 bridgehead atoms. The molecule has 5 nitrogen and oxygen atoms in total. The fourth-order valence-electron chi connectivity index (χ4n) is 3.03. The highest BCUT2D eigenvalue weighted by Crippen LogP contribution is 2.35. The second-order valence-corrected chi connectivity index (χ2v) is 6.18. The van der Waals surface area contributed by atoms with E-state index in [1.165, 1.54) is 11.3 Å². The third kappa shape index (κ3) is 3.20. The van der Waals surface area contributed by atoms with E-state index in [9.17, 15) is 0 Å². The van der Waals surface area contributed by atoms with Crippen molar-refractivity contribution in [2.75, 3.05) is 20.2 Å². The van der Waals surface area contributed by atoms with Gasteiger partial charge in [0.25, 0.3) is 0 Å². The lowest BCUT2D eigenvalue weighted by atomic mass is 10.0. The molecule has 2 aromatic rings. The van der Waals surface area contributed by atoms with E-state index in [0.717, 1.165) is 48.8 Å². The lowest BCUT2D eigenvalue weighted by Gasteiger charge is -2.25. The van der Waals surface area contributed by atoms with Gasteiger partial charge in [-0.25, -0.2) is 0 Å². The van der Waals surface area contributed by atoms with Crippen molar-refractivity contribution >= 4 is 0 Å². The molecule has 3 rings (SSSR count). The monoisotopic (exact) mass is 315 g/mol. The number of methoxy groups -OCH3 is 1. The van der Waals surface area contributed by atoms with Gasteiger partial charge in [0.1, 0.15) is 0 Å². The molecule has 1 aliphatic rings. The summed E-state index contributed by atoms with van der Waals surface area (Å²) in [5.74, 6) is 1.52. The summed E-state index contributed by atoms with van der Waals surface area (Å²) < 4.78 is 11.3. The number of likely N-dealkylation sites (N-methyl/N-ethyl adjacent to an activating group) is 1. The quantitative estimate of drug-likeness (QED) is 0.920. The highest BCUT2D eigenvalue weighted by atomic mass is 16.5. The number of nitrogens with one attached hydrogen (secondary N) is 1. The van der Waals surface area contributed by atoms with Crippen LogP contribution in [0.3, 0.4) is 0 Å². The molecule has 0 unspecified atom stereocenters. The van der Waals surface area contributed by atoms with E-state index >= 15 is 0 Å². The van der Waals surface area contributed by atoms with Crippen molar-refractivity contribution in [3.63, 3.8) is 0 Å². The number of aromatic nitrogens is 2. The second kappa shape index (κ2) is 6.62. The van der Waals surface area contributed by atoms with E-state index in [2.05, 4.69) is 28.1 Å². The van der Waals surface area contributed by atoms with Crippen LogP contribution in [0.25, 0.3) is 11.3 Å². The van der Waals surface area contributed by atoms with Gasteiger partial charge in [-0.15, -0.1) is 0 Å². The van der Waals surface area contributed by atoms with E-state index in [0.29, 0.717) is 0 Å². The van der Waals surface area contributed by atoms with Crippen LogP contribution < -0.4 is 9.47 Å². The standard InChI is InChI=1S/C18H25N3O2/c1-5-21-9-8-15-14(11-21)18(20-19-15)13-6-7-16(23-12(2)3)17(10-13)22-4/h6-7,10,12H,5,8-9,11H2,1-4H3,(H,19,20). The lowest BCUT2D eigenvalue weighted by Crippen LogP contribution is -2.30. The Morgan fingerprint density at radius 1 is 1.30 bits per heavy atom. The third-order valence-corrected chi connectivity index (χ3v) is 4.26. The van der Waals surface area contributed by atoms with Crippen LogP contribution in [-0.4, -0.2) is 41.4 Å². The summed E-state index contributed by atoms with van der Waals surface area (Å²) in [5.41, 5.74) is 4.64. The first kappa shape index (κ1) is 15.9. The first-order valence-corrected chi connectivity index (χ1v) is 8.26. The Kier molecular flexibility index (Phi) is 4.57. The molecule has 0 fully saturated rings. The summed E-state index contributed by atoms with van der Waals surface area (Å²) in [4.78, 5) is 2.44. The molecule has 0 radical (unpaired) electrons. The Bertz CT molecular complexity index is 679. The van der Waals surface area contributed by atoms with Crippen LogP contribution in [0.5, 0.6) is 11.5 Å². The predicted octanol–water partition coefficient (Wildman–Crippen LogP) is 3.25. The van der Waals surface area contributed by atoms with Crippen molar-refractivity contribution in [3.05, 3.63) is 29.5 Å². The van der Waals surface area contributed by atoms with E-state index in [4.69, 9.17) is 9.47 Å². The SMILES string of the molecule is CCN1CCc2[nH]nc(-c3ccc(OC(C)C)c(OC)c3)c2C1. The summed E-state index contributed by atoms with van der Waals surface area (Å²) >= 11 is 0. The number of H-pyrrole nitrogens is 1.